The summed E-state index contributed by atoms with van der Waals surface area (Å²) in [6, 6.07) is 3.18. The van der Waals surface area contributed by atoms with E-state index < -0.39 is 17.6 Å². The van der Waals surface area contributed by atoms with Crippen molar-refractivity contribution < 1.29 is 17.9 Å². The Bertz CT molecular complexity index is 978. The van der Waals surface area contributed by atoms with Gasteiger partial charge in [0.2, 0.25) is 5.95 Å². The van der Waals surface area contributed by atoms with Crippen LogP contribution in [-0.2, 0) is 10.9 Å². The summed E-state index contributed by atoms with van der Waals surface area (Å²) in [6.07, 6.45) is -0.00197. The Morgan fingerprint density at radius 2 is 2.00 bits per heavy atom. The minimum atomic E-state index is -4.58. The number of aromatic nitrogens is 3. The highest BCUT2D eigenvalue weighted by Gasteiger charge is 2.44. The first-order valence-corrected chi connectivity index (χ1v) is 10.7. The first-order valence-electron chi connectivity index (χ1n) is 10.7. The van der Waals surface area contributed by atoms with Crippen LogP contribution in [0.1, 0.15) is 31.7 Å². The molecular formula is C21H25F3N6O. The average molecular weight is 434 g/mol. The molecule has 3 saturated heterocycles. The fourth-order valence-electron chi connectivity index (χ4n) is 4.65. The summed E-state index contributed by atoms with van der Waals surface area (Å²) in [4.78, 5) is 17.6. The van der Waals surface area contributed by atoms with Crippen molar-refractivity contribution in [2.75, 3.05) is 41.8 Å². The lowest BCUT2D eigenvalue weighted by atomic mass is 9.86. The molecule has 2 aromatic rings. The summed E-state index contributed by atoms with van der Waals surface area (Å²) in [5, 5.41) is 0. The highest BCUT2D eigenvalue weighted by molar-refractivity contribution is 5.67. The van der Waals surface area contributed by atoms with Crippen LogP contribution >= 0.6 is 0 Å². The van der Waals surface area contributed by atoms with Gasteiger partial charge in [0.1, 0.15) is 11.6 Å². The zero-order valence-corrected chi connectivity index (χ0v) is 17.3. The number of rotatable bonds is 4. The minimum Gasteiger partial charge on any atom is -0.383 e. The molecule has 0 unspecified atom stereocenters. The molecule has 1 aliphatic carbocycles. The van der Waals surface area contributed by atoms with Gasteiger partial charge in [-0.05, 0) is 31.2 Å². The third-order valence-electron chi connectivity index (χ3n) is 6.50. The van der Waals surface area contributed by atoms with Crippen molar-refractivity contribution in [3.8, 4) is 11.3 Å². The quantitative estimate of drug-likeness (QED) is 0.790. The summed E-state index contributed by atoms with van der Waals surface area (Å²) >= 11 is 0. The van der Waals surface area contributed by atoms with Gasteiger partial charge in [0.25, 0.3) is 0 Å². The Labute approximate surface area is 178 Å². The topological polar surface area (TPSA) is 80.4 Å². The predicted octanol–water partition coefficient (Wildman–Crippen LogP) is 3.35. The zero-order chi connectivity index (χ0) is 21.8. The van der Waals surface area contributed by atoms with Crippen LogP contribution in [0.4, 0.5) is 30.8 Å². The van der Waals surface area contributed by atoms with Crippen LogP contribution in [0.5, 0.6) is 0 Å². The number of nitrogen functional groups attached to an aromatic ring is 1. The molecule has 2 bridgehead atoms. The van der Waals surface area contributed by atoms with Crippen molar-refractivity contribution in [1.29, 1.82) is 0 Å². The molecule has 0 spiro atoms. The molecule has 0 aromatic carbocycles. The molecule has 166 valence electrons. The third kappa shape index (κ3) is 3.77. The lowest BCUT2D eigenvalue weighted by Crippen LogP contribution is -2.43. The van der Waals surface area contributed by atoms with Gasteiger partial charge in [0.05, 0.1) is 24.0 Å². The van der Waals surface area contributed by atoms with Crippen molar-refractivity contribution in [1.82, 2.24) is 15.0 Å². The van der Waals surface area contributed by atoms with Gasteiger partial charge in [-0.15, -0.1) is 0 Å². The number of hydrogen-bond acceptors (Lipinski definition) is 7. The highest BCUT2D eigenvalue weighted by atomic mass is 19.4. The average Bonchev–Trinajstić information content (AvgIpc) is 3.34. The van der Waals surface area contributed by atoms with Crippen molar-refractivity contribution in [3.63, 3.8) is 0 Å². The monoisotopic (exact) mass is 434 g/mol. The van der Waals surface area contributed by atoms with Crippen molar-refractivity contribution in [3.05, 3.63) is 23.9 Å². The molecule has 1 saturated carbocycles. The summed E-state index contributed by atoms with van der Waals surface area (Å²) in [5.41, 5.74) is 5.23. The van der Waals surface area contributed by atoms with Gasteiger partial charge in [0, 0.05) is 43.5 Å². The number of halogens is 3. The van der Waals surface area contributed by atoms with Crippen LogP contribution in [0.3, 0.4) is 0 Å². The van der Waals surface area contributed by atoms with E-state index in [0.29, 0.717) is 49.1 Å². The predicted molar refractivity (Wildman–Crippen MR) is 111 cm³/mol. The number of hydrogen-bond donors (Lipinski definition) is 1. The molecule has 7 nitrogen and oxygen atoms in total. The van der Waals surface area contributed by atoms with Gasteiger partial charge in [-0.3, -0.25) is 0 Å². The van der Waals surface area contributed by atoms with Crippen molar-refractivity contribution in [2.45, 2.75) is 44.5 Å². The zero-order valence-electron chi connectivity index (χ0n) is 17.3. The Balaban J connectivity index is 1.57. The van der Waals surface area contributed by atoms with E-state index in [1.807, 2.05) is 0 Å². The molecule has 4 fully saturated rings. The van der Waals surface area contributed by atoms with Crippen molar-refractivity contribution >= 4 is 17.6 Å². The number of morpholine rings is 1. The second kappa shape index (κ2) is 7.51. The molecule has 6 rings (SSSR count). The van der Waals surface area contributed by atoms with E-state index in [9.17, 15) is 13.2 Å². The SMILES string of the molecule is CC[C@H]1CN(c2cc(-c3cnc(N)c(C(F)(F)F)c3)nc(N3CC4CC3C4)n2)CCO1. The van der Waals surface area contributed by atoms with E-state index in [1.54, 1.807) is 6.07 Å². The van der Waals surface area contributed by atoms with E-state index in [1.165, 1.54) is 6.20 Å². The Kier molecular flexibility index (Phi) is 4.91. The lowest BCUT2D eigenvalue weighted by molar-refractivity contribution is -0.137. The summed E-state index contributed by atoms with van der Waals surface area (Å²) in [5.74, 6) is 1.40. The minimum absolute atomic E-state index is 0.102. The van der Waals surface area contributed by atoms with Gasteiger partial charge in [-0.1, -0.05) is 6.92 Å². The Morgan fingerprint density at radius 3 is 2.68 bits per heavy atom. The maximum absolute atomic E-state index is 13.4. The van der Waals surface area contributed by atoms with Gasteiger partial charge in [-0.2, -0.15) is 18.2 Å². The fourth-order valence-corrected chi connectivity index (χ4v) is 4.65. The molecule has 10 heteroatoms. The number of fused-ring (bicyclic) bond motifs is 1. The van der Waals surface area contributed by atoms with Crippen LogP contribution < -0.4 is 15.5 Å². The Morgan fingerprint density at radius 1 is 1.19 bits per heavy atom. The maximum Gasteiger partial charge on any atom is 0.419 e. The first kappa shape index (κ1) is 20.3. The summed E-state index contributed by atoms with van der Waals surface area (Å²) in [6.45, 7) is 4.91. The number of alkyl halides is 3. The summed E-state index contributed by atoms with van der Waals surface area (Å²) < 4.78 is 46.0. The maximum atomic E-state index is 13.4. The van der Waals surface area contributed by atoms with Crippen LogP contribution in [-0.4, -0.2) is 53.3 Å². The van der Waals surface area contributed by atoms with Gasteiger partial charge in [-0.25, -0.2) is 9.97 Å². The second-order valence-corrected chi connectivity index (χ2v) is 8.56. The van der Waals surface area contributed by atoms with Crippen LogP contribution in [0.25, 0.3) is 11.3 Å². The van der Waals surface area contributed by atoms with Crippen LogP contribution in [0, 0.1) is 5.92 Å². The van der Waals surface area contributed by atoms with E-state index in [-0.39, 0.29) is 11.7 Å². The number of nitrogens with zero attached hydrogens (tertiary/aromatic N) is 5. The molecule has 0 radical (unpaired) electrons. The highest BCUT2D eigenvalue weighted by Crippen LogP contribution is 2.43. The standard InChI is InChI=1S/C21H25F3N6O/c1-2-15-11-29(3-4-31-15)18-8-17(13-7-16(21(22,23)24)19(25)26-9-13)27-20(28-18)30-10-12-5-14(30)6-12/h7-9,12,14-15H,2-6,10-11H2,1H3,(H2,25,26)/t12?,14?,15-/m0/s1. The summed E-state index contributed by atoms with van der Waals surface area (Å²) in [7, 11) is 0. The molecule has 2 N–H and O–H groups in total. The Hall–Kier alpha value is -2.62. The molecule has 4 aliphatic rings. The normalized spacial score (nSPS) is 25.6. The van der Waals surface area contributed by atoms with E-state index >= 15 is 0 Å². The van der Waals surface area contributed by atoms with E-state index in [4.69, 9.17) is 15.5 Å². The molecule has 5 heterocycles. The fraction of sp³-hybridized carbons (Fsp3) is 0.571. The number of pyridine rings is 1. The molecule has 3 aliphatic heterocycles. The molecule has 1 atom stereocenters. The van der Waals surface area contributed by atoms with Crippen LogP contribution in [0.15, 0.2) is 18.3 Å². The third-order valence-corrected chi connectivity index (χ3v) is 6.50. The largest absolute Gasteiger partial charge is 0.419 e. The van der Waals surface area contributed by atoms with Gasteiger partial charge < -0.3 is 20.3 Å². The molecule has 0 amide bonds. The number of anilines is 3. The number of nitrogens with two attached hydrogens (primary N) is 1. The van der Waals surface area contributed by atoms with E-state index in [2.05, 4.69) is 26.7 Å². The van der Waals surface area contributed by atoms with Crippen LogP contribution in [0.2, 0.25) is 0 Å². The van der Waals surface area contributed by atoms with E-state index in [0.717, 1.165) is 31.9 Å². The van der Waals surface area contributed by atoms with Crippen molar-refractivity contribution in [2.24, 2.45) is 5.92 Å². The molecule has 31 heavy (non-hydrogen) atoms. The molecular weight excluding hydrogens is 409 g/mol. The second-order valence-electron chi connectivity index (χ2n) is 8.56. The lowest BCUT2D eigenvalue weighted by Gasteiger charge is -2.34. The smallest absolute Gasteiger partial charge is 0.383 e. The first-order chi connectivity index (χ1) is 14.8. The van der Waals surface area contributed by atoms with Gasteiger partial charge in [0.15, 0.2) is 0 Å². The van der Waals surface area contributed by atoms with Gasteiger partial charge >= 0.3 is 6.18 Å². The number of ether oxygens (including phenoxy) is 1. The molecule has 2 aromatic heterocycles.